The molecule has 41 heavy (non-hydrogen) atoms. The van der Waals surface area contributed by atoms with E-state index in [-0.39, 0.29) is 28.0 Å². The zero-order chi connectivity index (χ0) is 29.8. The van der Waals surface area contributed by atoms with Crippen LogP contribution in [0.1, 0.15) is 69.2 Å². The summed E-state index contributed by atoms with van der Waals surface area (Å²) in [4.78, 5) is 43.4. The standard InChI is InChI=1S/C30H30Cl2N2O6S/c1-5-7-22-25(29(38)39-6-2)26(19-10-8-18(9-11-19)16(3)4)34-28(37)23(41-30(34)33-22)14-17-12-20(31)27(21(32)13-17)40-15-24(35)36/h8-14,16,26H,5-7,15H2,1-4H3,(H,35,36)/b23-14-/t26-/m1/s1. The summed E-state index contributed by atoms with van der Waals surface area (Å²) in [5, 5.41) is 9.11. The zero-order valence-corrected chi connectivity index (χ0v) is 25.4. The molecule has 1 atom stereocenters. The molecule has 4 rings (SSSR count). The molecule has 0 radical (unpaired) electrons. The molecule has 0 fully saturated rings. The van der Waals surface area contributed by atoms with Gasteiger partial charge in [-0.2, -0.15) is 0 Å². The number of aromatic nitrogens is 1. The van der Waals surface area contributed by atoms with Crippen molar-refractivity contribution in [2.24, 2.45) is 4.99 Å². The van der Waals surface area contributed by atoms with Crippen molar-refractivity contribution in [2.45, 2.75) is 52.5 Å². The van der Waals surface area contributed by atoms with Crippen LogP contribution in [0.4, 0.5) is 0 Å². The van der Waals surface area contributed by atoms with E-state index in [9.17, 15) is 14.4 Å². The maximum Gasteiger partial charge on any atom is 0.341 e. The van der Waals surface area contributed by atoms with Crippen LogP contribution in [0.25, 0.3) is 6.08 Å². The van der Waals surface area contributed by atoms with Crippen molar-refractivity contribution >= 4 is 52.6 Å². The number of thiazole rings is 1. The molecular formula is C30H30Cl2N2O6S. The summed E-state index contributed by atoms with van der Waals surface area (Å²) in [5.41, 5.74) is 3.06. The Morgan fingerprint density at radius 1 is 1.15 bits per heavy atom. The molecule has 8 nitrogen and oxygen atoms in total. The first-order valence-corrected chi connectivity index (χ1v) is 14.8. The molecule has 0 aliphatic carbocycles. The first-order valence-electron chi connectivity index (χ1n) is 13.2. The molecule has 1 aromatic heterocycles. The lowest BCUT2D eigenvalue weighted by Crippen LogP contribution is -2.40. The number of ether oxygens (including phenoxy) is 2. The Hall–Kier alpha value is -3.40. The summed E-state index contributed by atoms with van der Waals surface area (Å²) in [6, 6.07) is 10.3. The molecule has 0 unspecified atom stereocenters. The van der Waals surface area contributed by atoms with Crippen molar-refractivity contribution < 1.29 is 24.2 Å². The topological polar surface area (TPSA) is 107 Å². The SMILES string of the molecule is CCCC1=C(C(=O)OCC)[C@@H](c2ccc(C(C)C)cc2)n2c(s/c(=C\c3cc(Cl)c(OCC(=O)O)c(Cl)c3)c2=O)=N1. The van der Waals surface area contributed by atoms with Crippen LogP contribution in [0.2, 0.25) is 10.0 Å². The quantitative estimate of drug-likeness (QED) is 0.303. The Morgan fingerprint density at radius 3 is 2.37 bits per heavy atom. The number of carbonyl (C=O) groups is 2. The largest absolute Gasteiger partial charge is 0.479 e. The Kier molecular flexibility index (Phi) is 9.73. The van der Waals surface area contributed by atoms with E-state index in [2.05, 4.69) is 13.8 Å². The van der Waals surface area contributed by atoms with Gasteiger partial charge in [0, 0.05) is 0 Å². The fraction of sp³-hybridized carbons (Fsp3) is 0.333. The van der Waals surface area contributed by atoms with Gasteiger partial charge < -0.3 is 14.6 Å². The number of rotatable bonds is 10. The fourth-order valence-corrected chi connectivity index (χ4v) is 6.22. The van der Waals surface area contributed by atoms with Gasteiger partial charge >= 0.3 is 11.9 Å². The average molecular weight is 618 g/mol. The number of hydrogen-bond acceptors (Lipinski definition) is 7. The average Bonchev–Trinajstić information content (AvgIpc) is 3.21. The number of aliphatic carboxylic acids is 1. The lowest BCUT2D eigenvalue weighted by Gasteiger charge is -2.26. The highest BCUT2D eigenvalue weighted by atomic mass is 35.5. The first-order chi connectivity index (χ1) is 19.5. The van der Waals surface area contributed by atoms with E-state index in [1.807, 2.05) is 31.2 Å². The van der Waals surface area contributed by atoms with E-state index >= 15 is 0 Å². The van der Waals surface area contributed by atoms with E-state index in [0.29, 0.717) is 38.5 Å². The summed E-state index contributed by atoms with van der Waals surface area (Å²) in [5.74, 6) is -1.30. The Balaban J connectivity index is 1.91. The number of hydrogen-bond donors (Lipinski definition) is 1. The summed E-state index contributed by atoms with van der Waals surface area (Å²) in [7, 11) is 0. The normalized spacial score (nSPS) is 15.1. The highest BCUT2D eigenvalue weighted by molar-refractivity contribution is 7.07. The summed E-state index contributed by atoms with van der Waals surface area (Å²) < 4.78 is 12.5. The van der Waals surface area contributed by atoms with Crippen LogP contribution in [0.3, 0.4) is 0 Å². The van der Waals surface area contributed by atoms with E-state index in [4.69, 9.17) is 42.8 Å². The molecular weight excluding hydrogens is 587 g/mol. The van der Waals surface area contributed by atoms with Crippen LogP contribution in [0, 0.1) is 0 Å². The number of carboxylic acid groups (broad SMARTS) is 1. The first kappa shape index (κ1) is 30.6. The van der Waals surface area contributed by atoms with Crippen LogP contribution in [-0.2, 0) is 14.3 Å². The second kappa shape index (κ2) is 13.1. The van der Waals surface area contributed by atoms with Gasteiger partial charge in [0.15, 0.2) is 17.2 Å². The van der Waals surface area contributed by atoms with Crippen molar-refractivity contribution in [1.82, 2.24) is 4.57 Å². The van der Waals surface area contributed by atoms with Crippen molar-refractivity contribution in [3.8, 4) is 5.75 Å². The third kappa shape index (κ3) is 6.58. The minimum atomic E-state index is -1.17. The second-order valence-corrected chi connectivity index (χ2v) is 11.6. The van der Waals surface area contributed by atoms with Gasteiger partial charge in [0.25, 0.3) is 5.56 Å². The molecule has 1 aliphatic heterocycles. The summed E-state index contributed by atoms with van der Waals surface area (Å²) in [6.45, 7) is 7.55. The van der Waals surface area contributed by atoms with Gasteiger partial charge in [0.05, 0.1) is 38.5 Å². The molecule has 1 aliphatic rings. The van der Waals surface area contributed by atoms with Crippen molar-refractivity contribution in [2.75, 3.05) is 13.2 Å². The number of carbonyl (C=O) groups excluding carboxylic acids is 1. The lowest BCUT2D eigenvalue weighted by atomic mass is 9.92. The van der Waals surface area contributed by atoms with Crippen LogP contribution < -0.4 is 19.6 Å². The van der Waals surface area contributed by atoms with Gasteiger partial charge in [-0.15, -0.1) is 0 Å². The highest BCUT2D eigenvalue weighted by Crippen LogP contribution is 2.35. The monoisotopic (exact) mass is 616 g/mol. The highest BCUT2D eigenvalue weighted by Gasteiger charge is 2.34. The smallest absolute Gasteiger partial charge is 0.341 e. The second-order valence-electron chi connectivity index (χ2n) is 9.73. The molecule has 1 N–H and O–H groups in total. The third-order valence-corrected chi connectivity index (χ3v) is 8.01. The fourth-order valence-electron chi connectivity index (χ4n) is 4.59. The molecule has 0 saturated carbocycles. The Bertz CT molecular complexity index is 1670. The number of halogens is 2. The molecule has 0 amide bonds. The molecule has 3 aromatic rings. The third-order valence-electron chi connectivity index (χ3n) is 6.47. The molecule has 0 bridgehead atoms. The van der Waals surface area contributed by atoms with E-state index in [0.717, 1.165) is 17.5 Å². The molecule has 0 spiro atoms. The van der Waals surface area contributed by atoms with Crippen LogP contribution in [-0.4, -0.2) is 34.8 Å². The predicted octanol–water partition coefficient (Wildman–Crippen LogP) is 5.47. The molecule has 2 aromatic carbocycles. The van der Waals surface area contributed by atoms with Crippen LogP contribution in [0.5, 0.6) is 5.75 Å². The number of carboxylic acids is 1. The summed E-state index contributed by atoms with van der Waals surface area (Å²) >= 11 is 13.8. The van der Waals surface area contributed by atoms with E-state index < -0.39 is 24.6 Å². The lowest BCUT2D eigenvalue weighted by molar-refractivity contribution is -0.140. The number of fused-ring (bicyclic) bond motifs is 1. The Morgan fingerprint density at radius 2 is 1.80 bits per heavy atom. The van der Waals surface area contributed by atoms with Gasteiger partial charge in [0.2, 0.25) is 0 Å². The van der Waals surface area contributed by atoms with Gasteiger partial charge in [-0.1, -0.05) is 86.0 Å². The van der Waals surface area contributed by atoms with Crippen LogP contribution in [0.15, 0.2) is 57.5 Å². The number of benzene rings is 2. The van der Waals surface area contributed by atoms with Crippen LogP contribution >= 0.6 is 34.5 Å². The van der Waals surface area contributed by atoms with E-state index in [1.54, 1.807) is 17.6 Å². The molecule has 11 heteroatoms. The van der Waals surface area contributed by atoms with Crippen molar-refractivity contribution in [1.29, 1.82) is 0 Å². The molecule has 0 saturated heterocycles. The summed E-state index contributed by atoms with van der Waals surface area (Å²) in [6.07, 6.45) is 2.93. The number of esters is 1. The van der Waals surface area contributed by atoms with Crippen molar-refractivity contribution in [3.05, 3.63) is 94.1 Å². The van der Waals surface area contributed by atoms with E-state index in [1.165, 1.54) is 23.5 Å². The van der Waals surface area contributed by atoms with Gasteiger partial charge in [-0.3, -0.25) is 9.36 Å². The predicted molar refractivity (Wildman–Crippen MR) is 160 cm³/mol. The van der Waals surface area contributed by atoms with Gasteiger partial charge in [-0.25, -0.2) is 14.6 Å². The van der Waals surface area contributed by atoms with Crippen molar-refractivity contribution in [3.63, 3.8) is 0 Å². The minimum Gasteiger partial charge on any atom is -0.479 e. The minimum absolute atomic E-state index is 0.0440. The number of nitrogens with zero attached hydrogens (tertiary/aromatic N) is 2. The zero-order valence-electron chi connectivity index (χ0n) is 23.1. The molecule has 2 heterocycles. The Labute approximate surface area is 251 Å². The maximum absolute atomic E-state index is 13.9. The van der Waals surface area contributed by atoms with Gasteiger partial charge in [-0.05, 0) is 54.2 Å². The molecule has 216 valence electrons. The maximum atomic E-state index is 13.9. The van der Waals surface area contributed by atoms with Gasteiger partial charge in [0.1, 0.15) is 0 Å². The number of allylic oxidation sites excluding steroid dienone is 1.